The third kappa shape index (κ3) is 4.62. The van der Waals surface area contributed by atoms with Crippen molar-refractivity contribution in [2.45, 2.75) is 40.2 Å². The van der Waals surface area contributed by atoms with E-state index in [9.17, 15) is 18.4 Å². The Labute approximate surface area is 166 Å². The van der Waals surface area contributed by atoms with Crippen molar-refractivity contribution < 1.29 is 13.5 Å². The summed E-state index contributed by atoms with van der Waals surface area (Å²) in [6.07, 6.45) is 0. The number of halogens is 2. The lowest BCUT2D eigenvalue weighted by Gasteiger charge is -2.19. The molecule has 0 radical (unpaired) electrons. The van der Waals surface area contributed by atoms with Crippen LogP contribution < -0.4 is 16.0 Å². The first kappa shape index (κ1) is 20.5. The van der Waals surface area contributed by atoms with Gasteiger partial charge in [0.2, 0.25) is 5.88 Å². The van der Waals surface area contributed by atoms with Crippen LogP contribution in [-0.2, 0) is 6.54 Å². The Morgan fingerprint density at radius 2 is 1.55 bits per heavy atom. The van der Waals surface area contributed by atoms with E-state index >= 15 is 0 Å². The van der Waals surface area contributed by atoms with E-state index in [1.165, 1.54) is 4.57 Å². The molecule has 0 aliphatic carbocycles. The minimum atomic E-state index is -0.752. The third-order valence-corrected chi connectivity index (χ3v) is 4.44. The fraction of sp³-hybridized carbons (Fsp3) is 0.273. The molecule has 1 heterocycles. The standard InChI is InChI=1S/C22H22F2N2O3/c1-12(2)19-20(27)25-22(28)26(11-15-8-16(23)10-17(24)9-15)21(19)29-18-6-13(3)5-14(4)7-18/h5-10,12H,11H2,1-4H3,(H,25,27,28). The highest BCUT2D eigenvalue weighted by Gasteiger charge is 2.21. The number of hydrogen-bond acceptors (Lipinski definition) is 3. The second-order valence-electron chi connectivity index (χ2n) is 7.42. The van der Waals surface area contributed by atoms with E-state index < -0.39 is 22.9 Å². The van der Waals surface area contributed by atoms with Gasteiger partial charge in [0, 0.05) is 6.07 Å². The molecule has 5 nitrogen and oxygen atoms in total. The van der Waals surface area contributed by atoms with Gasteiger partial charge in [-0.1, -0.05) is 19.9 Å². The molecule has 1 N–H and O–H groups in total. The maximum atomic E-state index is 13.6. The predicted octanol–water partition coefficient (Wildman–Crippen LogP) is 4.40. The summed E-state index contributed by atoms with van der Waals surface area (Å²) < 4.78 is 34.4. The SMILES string of the molecule is Cc1cc(C)cc(Oc2c(C(C)C)c(=O)[nH]c(=O)n2Cc2cc(F)cc(F)c2)c1. The van der Waals surface area contributed by atoms with Crippen molar-refractivity contribution >= 4 is 0 Å². The Bertz CT molecular complexity index is 1140. The van der Waals surface area contributed by atoms with E-state index in [0.29, 0.717) is 5.75 Å². The van der Waals surface area contributed by atoms with E-state index in [0.717, 1.165) is 29.3 Å². The number of H-pyrrole nitrogens is 1. The molecule has 0 bridgehead atoms. The van der Waals surface area contributed by atoms with E-state index in [1.807, 2.05) is 19.9 Å². The summed E-state index contributed by atoms with van der Waals surface area (Å²) in [6, 6.07) is 8.57. The monoisotopic (exact) mass is 400 g/mol. The summed E-state index contributed by atoms with van der Waals surface area (Å²) in [4.78, 5) is 27.3. The van der Waals surface area contributed by atoms with Gasteiger partial charge in [0.05, 0.1) is 12.1 Å². The number of hydrogen-bond donors (Lipinski definition) is 1. The fourth-order valence-corrected chi connectivity index (χ4v) is 3.32. The topological polar surface area (TPSA) is 64.1 Å². The molecule has 0 fully saturated rings. The molecule has 0 spiro atoms. The van der Waals surface area contributed by atoms with Crippen molar-refractivity contribution in [3.63, 3.8) is 0 Å². The fourth-order valence-electron chi connectivity index (χ4n) is 3.32. The van der Waals surface area contributed by atoms with Gasteiger partial charge >= 0.3 is 5.69 Å². The van der Waals surface area contributed by atoms with Crippen LogP contribution in [-0.4, -0.2) is 9.55 Å². The van der Waals surface area contributed by atoms with Crippen molar-refractivity contribution in [3.05, 3.63) is 91.1 Å². The lowest BCUT2D eigenvalue weighted by atomic mass is 10.1. The molecular formula is C22H22F2N2O3. The summed E-state index contributed by atoms with van der Waals surface area (Å²) in [5.41, 5.74) is 1.15. The quantitative estimate of drug-likeness (QED) is 0.691. The highest BCUT2D eigenvalue weighted by Crippen LogP contribution is 2.29. The van der Waals surface area contributed by atoms with Crippen molar-refractivity contribution in [1.82, 2.24) is 9.55 Å². The summed E-state index contributed by atoms with van der Waals surface area (Å²) in [5, 5.41) is 0. The lowest BCUT2D eigenvalue weighted by Crippen LogP contribution is -2.34. The highest BCUT2D eigenvalue weighted by molar-refractivity contribution is 5.38. The average molecular weight is 400 g/mol. The molecule has 2 aromatic carbocycles. The number of aromatic amines is 1. The van der Waals surface area contributed by atoms with E-state index in [1.54, 1.807) is 26.0 Å². The Balaban J connectivity index is 2.20. The Kier molecular flexibility index (Phi) is 5.68. The molecule has 7 heteroatoms. The molecule has 0 unspecified atom stereocenters. The summed E-state index contributed by atoms with van der Waals surface area (Å²) in [6.45, 7) is 7.25. The molecule has 1 aromatic heterocycles. The third-order valence-electron chi connectivity index (χ3n) is 4.44. The van der Waals surface area contributed by atoms with Gasteiger partial charge < -0.3 is 4.74 Å². The average Bonchev–Trinajstić information content (AvgIpc) is 2.56. The van der Waals surface area contributed by atoms with Crippen LogP contribution in [0, 0.1) is 25.5 Å². The zero-order chi connectivity index (χ0) is 21.3. The zero-order valence-electron chi connectivity index (χ0n) is 16.7. The first-order valence-electron chi connectivity index (χ1n) is 9.22. The van der Waals surface area contributed by atoms with Gasteiger partial charge in [0.1, 0.15) is 17.4 Å². The van der Waals surface area contributed by atoms with Crippen LogP contribution in [0.2, 0.25) is 0 Å². The molecule has 29 heavy (non-hydrogen) atoms. The van der Waals surface area contributed by atoms with Crippen molar-refractivity contribution in [2.24, 2.45) is 0 Å². The van der Waals surface area contributed by atoms with Gasteiger partial charge in [0.15, 0.2) is 0 Å². The van der Waals surface area contributed by atoms with Crippen LogP contribution in [0.15, 0.2) is 46.0 Å². The first-order valence-corrected chi connectivity index (χ1v) is 9.22. The molecular weight excluding hydrogens is 378 g/mol. The molecule has 0 saturated heterocycles. The van der Waals surface area contributed by atoms with Gasteiger partial charge in [-0.05, 0) is 60.7 Å². The second kappa shape index (κ2) is 8.03. The number of nitrogens with one attached hydrogen (secondary N) is 1. The zero-order valence-corrected chi connectivity index (χ0v) is 16.7. The summed E-state index contributed by atoms with van der Waals surface area (Å²) >= 11 is 0. The van der Waals surface area contributed by atoms with Gasteiger partial charge in [-0.2, -0.15) is 0 Å². The van der Waals surface area contributed by atoms with Gasteiger partial charge in [-0.3, -0.25) is 14.3 Å². The van der Waals surface area contributed by atoms with Crippen LogP contribution >= 0.6 is 0 Å². The Morgan fingerprint density at radius 1 is 0.966 bits per heavy atom. The van der Waals surface area contributed by atoms with Crippen LogP contribution in [0.5, 0.6) is 11.6 Å². The van der Waals surface area contributed by atoms with Crippen molar-refractivity contribution in [3.8, 4) is 11.6 Å². The number of aryl methyl sites for hydroxylation is 2. The molecule has 0 saturated carbocycles. The van der Waals surface area contributed by atoms with E-state index in [4.69, 9.17) is 4.74 Å². The predicted molar refractivity (Wildman–Crippen MR) is 107 cm³/mol. The smallest absolute Gasteiger partial charge is 0.331 e. The minimum absolute atomic E-state index is 0.0587. The number of nitrogens with zero attached hydrogens (tertiary/aromatic N) is 1. The molecule has 0 amide bonds. The van der Waals surface area contributed by atoms with Gasteiger partial charge in [0.25, 0.3) is 5.56 Å². The van der Waals surface area contributed by atoms with Crippen molar-refractivity contribution in [1.29, 1.82) is 0 Å². The molecule has 0 aliphatic rings. The lowest BCUT2D eigenvalue weighted by molar-refractivity contribution is 0.409. The van der Waals surface area contributed by atoms with E-state index in [2.05, 4.69) is 4.98 Å². The Morgan fingerprint density at radius 3 is 2.10 bits per heavy atom. The second-order valence-corrected chi connectivity index (χ2v) is 7.42. The van der Waals surface area contributed by atoms with Crippen LogP contribution in [0.3, 0.4) is 0 Å². The van der Waals surface area contributed by atoms with E-state index in [-0.39, 0.29) is 29.5 Å². The maximum Gasteiger partial charge on any atom is 0.331 e. The number of rotatable bonds is 5. The van der Waals surface area contributed by atoms with Crippen LogP contribution in [0.1, 0.15) is 42.0 Å². The Hall–Kier alpha value is -3.22. The largest absolute Gasteiger partial charge is 0.440 e. The molecule has 0 atom stereocenters. The number of benzene rings is 2. The molecule has 3 rings (SSSR count). The summed E-state index contributed by atoms with van der Waals surface area (Å²) in [5.74, 6) is -1.23. The highest BCUT2D eigenvalue weighted by atomic mass is 19.1. The number of ether oxygens (including phenoxy) is 1. The van der Waals surface area contributed by atoms with Gasteiger partial charge in [-0.25, -0.2) is 13.6 Å². The maximum absolute atomic E-state index is 13.6. The van der Waals surface area contributed by atoms with Crippen molar-refractivity contribution in [2.75, 3.05) is 0 Å². The molecule has 152 valence electrons. The molecule has 3 aromatic rings. The number of aromatic nitrogens is 2. The van der Waals surface area contributed by atoms with Crippen LogP contribution in [0.4, 0.5) is 8.78 Å². The van der Waals surface area contributed by atoms with Crippen LogP contribution in [0.25, 0.3) is 0 Å². The normalized spacial score (nSPS) is 11.1. The minimum Gasteiger partial charge on any atom is -0.440 e. The summed E-state index contributed by atoms with van der Waals surface area (Å²) in [7, 11) is 0. The van der Waals surface area contributed by atoms with Gasteiger partial charge in [-0.15, -0.1) is 0 Å². The molecule has 0 aliphatic heterocycles. The first-order chi connectivity index (χ1) is 13.6.